The Labute approximate surface area is 296 Å². The first-order chi connectivity index (χ1) is 23.3. The topological polar surface area (TPSA) is 61.8 Å². The first-order valence-corrected chi connectivity index (χ1v) is 18.7. The molecule has 1 aliphatic heterocycles. The Morgan fingerprint density at radius 1 is 0.714 bits per heavy atom. The van der Waals surface area contributed by atoms with E-state index in [-0.39, 0.29) is 16.9 Å². The smallest absolute Gasteiger partial charge is 0.347 e. The quantitative estimate of drug-likeness (QED) is 0.112. The van der Waals surface area contributed by atoms with Crippen LogP contribution < -0.4 is 14.2 Å². The van der Waals surface area contributed by atoms with Crippen LogP contribution in [0.5, 0.6) is 17.2 Å². The molecular formula is C44H60O5. The van der Waals surface area contributed by atoms with Crippen molar-refractivity contribution in [1.82, 2.24) is 0 Å². The van der Waals surface area contributed by atoms with Gasteiger partial charge in [0.1, 0.15) is 28.4 Å². The first-order valence-electron chi connectivity index (χ1n) is 18.7. The lowest BCUT2D eigenvalue weighted by atomic mass is 9.83. The van der Waals surface area contributed by atoms with Crippen molar-refractivity contribution in [3.8, 4) is 17.2 Å². The number of hydrogen-bond donors (Lipinski definition) is 0. The van der Waals surface area contributed by atoms with Crippen molar-refractivity contribution in [3.05, 3.63) is 87.5 Å². The summed E-state index contributed by atoms with van der Waals surface area (Å²) >= 11 is 0. The second kappa shape index (κ2) is 17.4. The van der Waals surface area contributed by atoms with E-state index in [1.165, 1.54) is 44.9 Å². The van der Waals surface area contributed by atoms with Gasteiger partial charge in [0.2, 0.25) is 0 Å². The number of fused-ring (bicyclic) bond motifs is 1. The van der Waals surface area contributed by atoms with E-state index >= 15 is 0 Å². The van der Waals surface area contributed by atoms with Crippen molar-refractivity contribution in [3.63, 3.8) is 0 Å². The molecule has 0 aromatic heterocycles. The van der Waals surface area contributed by atoms with Crippen LogP contribution in [-0.2, 0) is 6.42 Å². The molecule has 5 nitrogen and oxygen atoms in total. The van der Waals surface area contributed by atoms with Gasteiger partial charge in [0, 0.05) is 5.56 Å². The molecule has 0 bridgehead atoms. The number of ether oxygens (including phenoxy) is 3. The molecule has 3 unspecified atom stereocenters. The Hall–Kier alpha value is -3.60. The Bertz CT molecular complexity index is 1590. The van der Waals surface area contributed by atoms with E-state index in [9.17, 15) is 9.59 Å². The maximum Gasteiger partial charge on any atom is 0.347 e. The lowest BCUT2D eigenvalue weighted by Crippen LogP contribution is -2.37. The summed E-state index contributed by atoms with van der Waals surface area (Å²) in [6.45, 7) is 19.6. The average molecular weight is 669 g/mol. The molecule has 3 atom stereocenters. The molecule has 3 aromatic rings. The van der Waals surface area contributed by atoms with Gasteiger partial charge in [-0.15, -0.1) is 0 Å². The van der Waals surface area contributed by atoms with Crippen molar-refractivity contribution >= 4 is 11.9 Å². The second-order valence-corrected chi connectivity index (χ2v) is 15.5. The predicted octanol–water partition coefficient (Wildman–Crippen LogP) is 11.9. The zero-order chi connectivity index (χ0) is 35.7. The Morgan fingerprint density at radius 3 is 1.94 bits per heavy atom. The third-order valence-corrected chi connectivity index (χ3v) is 10.7. The predicted molar refractivity (Wildman–Crippen MR) is 200 cm³/mol. The van der Waals surface area contributed by atoms with Gasteiger partial charge in [-0.05, 0) is 119 Å². The van der Waals surface area contributed by atoms with Gasteiger partial charge in [-0.3, -0.25) is 0 Å². The Kier molecular flexibility index (Phi) is 13.5. The highest BCUT2D eigenvalue weighted by Crippen LogP contribution is 2.45. The number of aryl methyl sites for hydroxylation is 1. The van der Waals surface area contributed by atoms with E-state index in [4.69, 9.17) is 14.2 Å². The normalized spacial score (nSPS) is 16.9. The van der Waals surface area contributed by atoms with Gasteiger partial charge in [-0.25, -0.2) is 9.59 Å². The van der Waals surface area contributed by atoms with Gasteiger partial charge < -0.3 is 14.2 Å². The molecule has 0 saturated carbocycles. The Morgan fingerprint density at radius 2 is 1.29 bits per heavy atom. The maximum absolute atomic E-state index is 13.6. The van der Waals surface area contributed by atoms with Gasteiger partial charge in [-0.2, -0.15) is 0 Å². The standard InChI is InChI=1S/C44H60O5/c1-29(2)17-14-18-30(3)19-15-20-31(4)21-16-27-44(9)28-26-37-35(8)40(33(6)34(7)41(37)49-44)48-43(46)38-24-12-13-25-39(38)47-42(45)36-23-11-10-22-32(36)5/h10-13,22-25,29-31H,14-21,26-28H2,1-9H3. The van der Waals surface area contributed by atoms with Crippen LogP contribution in [0.4, 0.5) is 0 Å². The molecule has 0 aliphatic carbocycles. The molecule has 49 heavy (non-hydrogen) atoms. The van der Waals surface area contributed by atoms with E-state index in [1.807, 2.05) is 32.9 Å². The molecule has 3 aromatic carbocycles. The van der Waals surface area contributed by atoms with Crippen LogP contribution in [0, 0.1) is 45.4 Å². The zero-order valence-corrected chi connectivity index (χ0v) is 31.7. The van der Waals surface area contributed by atoms with Crippen molar-refractivity contribution < 1.29 is 23.8 Å². The molecule has 1 heterocycles. The zero-order valence-electron chi connectivity index (χ0n) is 31.7. The number of rotatable bonds is 16. The summed E-state index contributed by atoms with van der Waals surface area (Å²) in [6, 6.07) is 14.0. The van der Waals surface area contributed by atoms with Crippen molar-refractivity contribution in [2.75, 3.05) is 0 Å². The number of carbonyl (C=O) groups is 2. The fourth-order valence-corrected chi connectivity index (χ4v) is 7.24. The highest BCUT2D eigenvalue weighted by atomic mass is 16.6. The lowest BCUT2D eigenvalue weighted by Gasteiger charge is -2.38. The van der Waals surface area contributed by atoms with E-state index in [2.05, 4.69) is 41.5 Å². The molecule has 0 fully saturated rings. The lowest BCUT2D eigenvalue weighted by molar-refractivity contribution is 0.0508. The van der Waals surface area contributed by atoms with Crippen LogP contribution in [0.1, 0.15) is 147 Å². The fourth-order valence-electron chi connectivity index (χ4n) is 7.24. The number of carbonyl (C=O) groups excluding carboxylic acids is 2. The molecule has 0 N–H and O–H groups in total. The van der Waals surface area contributed by atoms with E-state index in [0.29, 0.717) is 11.3 Å². The highest BCUT2D eigenvalue weighted by Gasteiger charge is 2.35. The minimum Gasteiger partial charge on any atom is -0.487 e. The van der Waals surface area contributed by atoms with Crippen molar-refractivity contribution in [1.29, 1.82) is 0 Å². The summed E-state index contributed by atoms with van der Waals surface area (Å²) in [6.07, 6.45) is 13.3. The summed E-state index contributed by atoms with van der Waals surface area (Å²) < 4.78 is 18.6. The van der Waals surface area contributed by atoms with Gasteiger partial charge >= 0.3 is 11.9 Å². The van der Waals surface area contributed by atoms with Crippen LogP contribution in [0.15, 0.2) is 48.5 Å². The third-order valence-electron chi connectivity index (χ3n) is 10.7. The van der Waals surface area contributed by atoms with E-state index in [1.54, 1.807) is 36.4 Å². The first kappa shape index (κ1) is 38.2. The molecule has 266 valence electrons. The molecule has 4 rings (SSSR count). The van der Waals surface area contributed by atoms with Gasteiger partial charge in [0.25, 0.3) is 0 Å². The molecule has 1 aliphatic rings. The molecular weight excluding hydrogens is 608 g/mol. The summed E-state index contributed by atoms with van der Waals surface area (Å²) in [7, 11) is 0. The molecule has 0 amide bonds. The molecule has 5 heteroatoms. The molecule has 0 saturated heterocycles. The molecule has 0 spiro atoms. The second-order valence-electron chi connectivity index (χ2n) is 15.5. The third kappa shape index (κ3) is 10.2. The number of hydrogen-bond acceptors (Lipinski definition) is 5. The van der Waals surface area contributed by atoms with Gasteiger partial charge in [-0.1, -0.05) is 103 Å². The summed E-state index contributed by atoms with van der Waals surface area (Å²) in [4.78, 5) is 26.6. The van der Waals surface area contributed by atoms with E-state index < -0.39 is 11.9 Å². The fraction of sp³-hybridized carbons (Fsp3) is 0.545. The van der Waals surface area contributed by atoms with E-state index in [0.717, 1.165) is 77.0 Å². The summed E-state index contributed by atoms with van der Waals surface area (Å²) in [5.74, 6) is 2.98. The van der Waals surface area contributed by atoms with Crippen molar-refractivity contribution in [2.24, 2.45) is 17.8 Å². The minimum atomic E-state index is -0.560. The van der Waals surface area contributed by atoms with Crippen LogP contribution in [-0.4, -0.2) is 17.5 Å². The van der Waals surface area contributed by atoms with Crippen LogP contribution in [0.2, 0.25) is 0 Å². The van der Waals surface area contributed by atoms with Crippen molar-refractivity contribution in [2.45, 2.75) is 139 Å². The summed E-state index contributed by atoms with van der Waals surface area (Å²) in [5.41, 5.74) is 5.18. The average Bonchev–Trinajstić information content (AvgIpc) is 3.05. The highest BCUT2D eigenvalue weighted by molar-refractivity contribution is 5.97. The monoisotopic (exact) mass is 668 g/mol. The van der Waals surface area contributed by atoms with Crippen LogP contribution in [0.25, 0.3) is 0 Å². The largest absolute Gasteiger partial charge is 0.487 e. The maximum atomic E-state index is 13.6. The number of benzene rings is 3. The summed E-state index contributed by atoms with van der Waals surface area (Å²) in [5, 5.41) is 0. The van der Waals surface area contributed by atoms with Crippen LogP contribution in [0.3, 0.4) is 0 Å². The van der Waals surface area contributed by atoms with Crippen LogP contribution >= 0.6 is 0 Å². The van der Waals surface area contributed by atoms with Gasteiger partial charge in [0.15, 0.2) is 0 Å². The number of para-hydroxylation sites is 1. The van der Waals surface area contributed by atoms with Gasteiger partial charge in [0.05, 0.1) is 5.56 Å². The SMILES string of the molecule is Cc1ccccc1C(=O)Oc1ccccc1C(=O)Oc1c(C)c(C)c2c(c1C)CCC(C)(CCCC(C)CCCC(C)CCCC(C)C)O2. The minimum absolute atomic E-state index is 0.172. The molecule has 0 radical (unpaired) electrons. The Balaban J connectivity index is 1.36. The number of esters is 2.